The van der Waals surface area contributed by atoms with Crippen LogP contribution in [0.25, 0.3) is 0 Å². The monoisotopic (exact) mass is 992 g/mol. The number of rotatable bonds is 8. The maximum Gasteiger partial charge on any atom is 0.335 e. The molecule has 0 aliphatic carbocycles. The average molecular weight is 994 g/mol. The maximum absolute atomic E-state index is 12.2. The fourth-order valence-corrected chi connectivity index (χ4v) is 4.03. The van der Waals surface area contributed by atoms with Gasteiger partial charge in [0.1, 0.15) is 25.9 Å². The Labute approximate surface area is 398 Å². The molecule has 3 rings (SSSR count). The summed E-state index contributed by atoms with van der Waals surface area (Å²) in [5.74, 6) is 21.2. The van der Waals surface area contributed by atoms with Gasteiger partial charge in [-0.05, 0) is 129 Å². The number of aliphatic hydroxyl groups is 5. The van der Waals surface area contributed by atoms with Crippen molar-refractivity contribution in [3.05, 3.63) is 106 Å². The normalized spacial score (nSPS) is 9.94. The molecule has 3 aromatic carbocycles. The van der Waals surface area contributed by atoms with Gasteiger partial charge in [-0.3, -0.25) is 9.59 Å². The number of amides is 1. The highest BCUT2D eigenvalue weighted by atomic mass is 79.9. The van der Waals surface area contributed by atoms with Gasteiger partial charge < -0.3 is 56.3 Å². The minimum atomic E-state index is -1.47. The van der Waals surface area contributed by atoms with Crippen LogP contribution in [0.3, 0.4) is 0 Å². The Hall–Kier alpha value is -7.10. The Morgan fingerprint density at radius 3 is 1.24 bits per heavy atom. The number of hydrogen-bond donors (Lipinski definition) is 9. The van der Waals surface area contributed by atoms with Gasteiger partial charge in [-0.15, -0.1) is 18.8 Å². The van der Waals surface area contributed by atoms with E-state index in [9.17, 15) is 29.1 Å². The van der Waals surface area contributed by atoms with E-state index in [1.807, 2.05) is 5.92 Å². The van der Waals surface area contributed by atoms with Gasteiger partial charge in [0.25, 0.3) is 5.91 Å². The standard InChI is InChI=1S/C18H19NO5.C12H8O3.C9H5BrO2.C6H13NO3.C3H4O.ClH/c1-18(2,23)15(17(22)24-3)19-16(21)14-10-8-13(9-11-14)7-5-4-6-12-20;13-9-3-1-2-4-10-5-7-11(8-6-10)12(14)15;10-6-5-7-1-3-8(4-2-7)9(11)12;1-6(2,9)4(7)5(8)10-3;1-2-3-4;/h8-11,15,20,23H,12H2,1-3H3,(H,19,21);5-8,13H,9H2,(H,14,15);1-4H,(H,11,12);4,9H,7H2,1-3H3;1,4H,3H2;1H/t15-;;;4-;;/m1..1../s1. The summed E-state index contributed by atoms with van der Waals surface area (Å²) < 4.78 is 8.91. The van der Waals surface area contributed by atoms with Crippen molar-refractivity contribution in [1.29, 1.82) is 0 Å². The molecule has 2 atom stereocenters. The van der Waals surface area contributed by atoms with Gasteiger partial charge >= 0.3 is 23.9 Å². The van der Waals surface area contributed by atoms with Crippen molar-refractivity contribution in [3.63, 3.8) is 0 Å². The van der Waals surface area contributed by atoms with Gasteiger partial charge in [0.05, 0.1) is 36.5 Å². The first-order chi connectivity index (χ1) is 30.6. The van der Waals surface area contributed by atoms with E-state index >= 15 is 0 Å². The SMILES string of the molecule is C#CCO.COC(=O)[C@@H](N)C(C)(C)O.COC(=O)[C@@H](NC(=O)c1ccc(C#CC#CCO)cc1)C(C)(C)O.Cl.O=C(O)c1ccc(C#CBr)cc1.O=C(O)c1ccc(C#CC#CCO)cc1. The number of methoxy groups -OCH3 is 2. The first-order valence-corrected chi connectivity index (χ1v) is 19.2. The van der Waals surface area contributed by atoms with Crippen LogP contribution in [-0.4, -0.2) is 123 Å². The van der Waals surface area contributed by atoms with Crippen LogP contribution in [0, 0.1) is 70.5 Å². The average Bonchev–Trinajstić information content (AvgIpc) is 3.28. The number of carbonyl (C=O) groups is 5. The Kier molecular flexibility index (Phi) is 33.8. The summed E-state index contributed by atoms with van der Waals surface area (Å²) in [5.41, 5.74) is 5.52. The molecule has 66 heavy (non-hydrogen) atoms. The number of carbonyl (C=O) groups excluding carboxylic acids is 3. The van der Waals surface area contributed by atoms with Gasteiger partial charge in [-0.25, -0.2) is 14.4 Å². The summed E-state index contributed by atoms with van der Waals surface area (Å²) in [6.07, 6.45) is 4.53. The third-order valence-corrected chi connectivity index (χ3v) is 7.40. The smallest absolute Gasteiger partial charge is 0.335 e. The number of aliphatic hydroxyl groups excluding tert-OH is 3. The first kappa shape index (κ1) is 63.2. The van der Waals surface area contributed by atoms with E-state index in [4.69, 9.17) is 36.4 Å². The number of halogens is 2. The summed E-state index contributed by atoms with van der Waals surface area (Å²) >= 11 is 2.96. The third kappa shape index (κ3) is 28.6. The zero-order valence-electron chi connectivity index (χ0n) is 36.6. The minimum absolute atomic E-state index is 0. The highest BCUT2D eigenvalue weighted by Gasteiger charge is 2.36. The van der Waals surface area contributed by atoms with Crippen LogP contribution < -0.4 is 11.1 Å². The number of benzene rings is 3. The van der Waals surface area contributed by atoms with Crippen molar-refractivity contribution in [2.24, 2.45) is 5.73 Å². The van der Waals surface area contributed by atoms with Crippen molar-refractivity contribution in [3.8, 4) is 70.5 Å². The molecule has 0 fully saturated rings. The summed E-state index contributed by atoms with van der Waals surface area (Å²) in [6.45, 7) is 5.09. The van der Waals surface area contributed by atoms with Crippen LogP contribution in [-0.2, 0) is 19.1 Å². The molecule has 1 amide bonds. The number of ether oxygens (including phenoxy) is 2. The molecule has 0 saturated carbocycles. The van der Waals surface area contributed by atoms with Crippen LogP contribution in [0.5, 0.6) is 0 Å². The van der Waals surface area contributed by atoms with Crippen molar-refractivity contribution in [2.75, 3.05) is 34.0 Å². The van der Waals surface area contributed by atoms with Gasteiger partial charge in [0, 0.05) is 38.2 Å². The summed E-state index contributed by atoms with van der Waals surface area (Å²) in [7, 11) is 2.41. The second kappa shape index (κ2) is 35.3. The number of carboxylic acids is 2. The van der Waals surface area contributed by atoms with E-state index in [2.05, 4.69) is 95.3 Å². The van der Waals surface area contributed by atoms with Crippen LogP contribution in [0.15, 0.2) is 72.8 Å². The molecule has 0 radical (unpaired) electrons. The molecule has 3 aromatic rings. The third-order valence-electron chi connectivity index (χ3n) is 7.20. The Morgan fingerprint density at radius 1 is 0.636 bits per heavy atom. The van der Waals surface area contributed by atoms with Crippen molar-refractivity contribution in [2.45, 2.75) is 51.0 Å². The number of nitrogens with two attached hydrogens (primary N) is 1. The minimum Gasteiger partial charge on any atom is -0.478 e. The lowest BCUT2D eigenvalue weighted by atomic mass is 9.98. The Bertz CT molecular complexity index is 2380. The molecule has 0 bridgehead atoms. The number of nitrogens with one attached hydrogen (secondary N) is 1. The molecule has 0 aromatic heterocycles. The van der Waals surface area contributed by atoms with Crippen molar-refractivity contribution in [1.82, 2.24) is 5.32 Å². The molecule has 10 N–H and O–H groups in total. The molecular formula is C48H50BrClN2O14. The van der Waals surface area contributed by atoms with E-state index in [0.29, 0.717) is 16.7 Å². The molecule has 0 aliphatic rings. The molecule has 0 spiro atoms. The van der Waals surface area contributed by atoms with Gasteiger partial charge in [-0.2, -0.15) is 0 Å². The maximum atomic E-state index is 12.2. The lowest BCUT2D eigenvalue weighted by Crippen LogP contribution is -2.54. The molecule has 350 valence electrons. The largest absolute Gasteiger partial charge is 0.478 e. The topological polar surface area (TPSA) is 283 Å². The quantitative estimate of drug-likeness (QED) is 0.116. The summed E-state index contributed by atoms with van der Waals surface area (Å²) in [4.78, 5) is 58.1. The molecule has 0 heterocycles. The highest BCUT2D eigenvalue weighted by molar-refractivity contribution is 9.12. The van der Waals surface area contributed by atoms with Crippen molar-refractivity contribution >= 4 is 58.1 Å². The number of carboxylic acid groups (broad SMARTS) is 2. The van der Waals surface area contributed by atoms with E-state index in [-0.39, 0.29) is 43.4 Å². The van der Waals surface area contributed by atoms with Crippen LogP contribution in [0.2, 0.25) is 0 Å². The van der Waals surface area contributed by atoms with E-state index in [0.717, 1.165) is 5.56 Å². The zero-order valence-corrected chi connectivity index (χ0v) is 39.0. The molecular weight excluding hydrogens is 944 g/mol. The highest BCUT2D eigenvalue weighted by Crippen LogP contribution is 2.12. The lowest BCUT2D eigenvalue weighted by molar-refractivity contribution is -0.149. The van der Waals surface area contributed by atoms with Gasteiger partial charge in [0.2, 0.25) is 0 Å². The van der Waals surface area contributed by atoms with Crippen LogP contribution >= 0.6 is 28.3 Å². The molecule has 0 unspecified atom stereocenters. The first-order valence-electron chi connectivity index (χ1n) is 18.4. The number of hydrogen-bond acceptors (Lipinski definition) is 13. The van der Waals surface area contributed by atoms with Gasteiger partial charge in [-0.1, -0.05) is 35.5 Å². The lowest BCUT2D eigenvalue weighted by Gasteiger charge is -2.27. The van der Waals surface area contributed by atoms with E-state index in [1.54, 1.807) is 36.4 Å². The Morgan fingerprint density at radius 2 is 0.985 bits per heavy atom. The fraction of sp³-hybridized carbons (Fsp3) is 0.271. The second-order valence-electron chi connectivity index (χ2n) is 13.1. The van der Waals surface area contributed by atoms with Crippen LogP contribution in [0.4, 0.5) is 0 Å². The molecule has 16 nitrogen and oxygen atoms in total. The van der Waals surface area contributed by atoms with Crippen molar-refractivity contribution < 1.29 is 69.2 Å². The number of aromatic carboxylic acids is 2. The number of terminal acetylenes is 1. The Balaban J connectivity index is -0.000000817. The van der Waals surface area contributed by atoms with Gasteiger partial charge in [0.15, 0.2) is 6.04 Å². The predicted octanol–water partition coefficient (Wildman–Crippen LogP) is 2.19. The number of esters is 2. The zero-order chi connectivity index (χ0) is 50.0. The summed E-state index contributed by atoms with van der Waals surface area (Å²) in [6, 6.07) is 16.7. The summed E-state index contributed by atoms with van der Waals surface area (Å²) in [5, 5.41) is 63.3. The second-order valence-corrected chi connectivity index (χ2v) is 13.5. The predicted molar refractivity (Wildman–Crippen MR) is 252 cm³/mol. The molecule has 0 aliphatic heterocycles. The fourth-order valence-electron chi connectivity index (χ4n) is 3.80. The van der Waals surface area contributed by atoms with E-state index < -0.39 is 53.1 Å². The molecule has 0 saturated heterocycles. The van der Waals surface area contributed by atoms with E-state index in [1.165, 1.54) is 78.3 Å². The molecule has 18 heteroatoms. The van der Waals surface area contributed by atoms with Crippen LogP contribution in [0.1, 0.15) is 75.5 Å².